The van der Waals surface area contributed by atoms with Gasteiger partial charge in [0.1, 0.15) is 0 Å². The summed E-state index contributed by atoms with van der Waals surface area (Å²) in [4.78, 5) is 25.7. The van der Waals surface area contributed by atoms with Gasteiger partial charge in [0.05, 0.1) is 18.2 Å². The fourth-order valence-corrected chi connectivity index (χ4v) is 2.67. The number of carbonyl (C=O) groups is 2. The van der Waals surface area contributed by atoms with Crippen molar-refractivity contribution in [3.63, 3.8) is 0 Å². The number of hydrogen-bond donors (Lipinski definition) is 3. The molecular weight excluding hydrogens is 246 g/mol. The average Bonchev–Trinajstić information content (AvgIpc) is 2.84. The summed E-state index contributed by atoms with van der Waals surface area (Å²) in [7, 11) is 0. The largest absolute Gasteiger partial charge is 0.392 e. The lowest BCUT2D eigenvalue weighted by atomic mass is 10.1. The van der Waals surface area contributed by atoms with Crippen LogP contribution in [0.3, 0.4) is 0 Å². The van der Waals surface area contributed by atoms with E-state index in [9.17, 15) is 14.7 Å². The molecule has 0 bridgehead atoms. The van der Waals surface area contributed by atoms with Gasteiger partial charge in [-0.05, 0) is 27.2 Å². The SMILES string of the molecule is CC(C)(C)N1C[C@H](NC(=O)[C@@H]2C[C@@H](O)CN2)CC1=O. The Morgan fingerprint density at radius 2 is 2.16 bits per heavy atom. The number of likely N-dealkylation sites (tertiary alicyclic amines) is 1. The van der Waals surface area contributed by atoms with Crippen molar-refractivity contribution in [3.8, 4) is 0 Å². The van der Waals surface area contributed by atoms with E-state index in [1.807, 2.05) is 20.8 Å². The quantitative estimate of drug-likeness (QED) is 0.614. The molecule has 0 radical (unpaired) electrons. The van der Waals surface area contributed by atoms with E-state index in [2.05, 4.69) is 10.6 Å². The molecule has 2 amide bonds. The van der Waals surface area contributed by atoms with Gasteiger partial charge in [-0.2, -0.15) is 0 Å². The molecule has 2 heterocycles. The number of nitrogens with zero attached hydrogens (tertiary/aromatic N) is 1. The molecule has 0 aromatic carbocycles. The van der Waals surface area contributed by atoms with Crippen LogP contribution in [0.2, 0.25) is 0 Å². The molecule has 6 heteroatoms. The highest BCUT2D eigenvalue weighted by Crippen LogP contribution is 2.22. The summed E-state index contributed by atoms with van der Waals surface area (Å²) in [6.45, 7) is 6.98. The van der Waals surface area contributed by atoms with E-state index in [4.69, 9.17) is 0 Å². The van der Waals surface area contributed by atoms with Gasteiger partial charge in [0, 0.05) is 25.0 Å². The van der Waals surface area contributed by atoms with E-state index in [1.54, 1.807) is 4.90 Å². The van der Waals surface area contributed by atoms with Crippen LogP contribution < -0.4 is 10.6 Å². The predicted octanol–water partition coefficient (Wildman–Crippen LogP) is -0.775. The van der Waals surface area contributed by atoms with Gasteiger partial charge in [0.25, 0.3) is 0 Å². The lowest BCUT2D eigenvalue weighted by Crippen LogP contribution is -2.48. The molecule has 3 N–H and O–H groups in total. The first-order valence-corrected chi connectivity index (χ1v) is 6.79. The van der Waals surface area contributed by atoms with Crippen LogP contribution >= 0.6 is 0 Å². The summed E-state index contributed by atoms with van der Waals surface area (Å²) in [6.07, 6.45) is 0.348. The van der Waals surface area contributed by atoms with Crippen molar-refractivity contribution in [2.24, 2.45) is 0 Å². The third-order valence-electron chi connectivity index (χ3n) is 3.71. The molecule has 2 aliphatic rings. The third-order valence-corrected chi connectivity index (χ3v) is 3.71. The van der Waals surface area contributed by atoms with Crippen molar-refractivity contribution in [2.45, 2.75) is 57.3 Å². The van der Waals surface area contributed by atoms with Gasteiger partial charge >= 0.3 is 0 Å². The van der Waals surface area contributed by atoms with Crippen molar-refractivity contribution in [3.05, 3.63) is 0 Å². The van der Waals surface area contributed by atoms with Crippen LogP contribution in [-0.2, 0) is 9.59 Å². The Labute approximate surface area is 113 Å². The number of β-amino-alcohol motifs (C(OH)–C–C–N with tert-alkyl or cyclic N) is 1. The molecule has 2 fully saturated rings. The second kappa shape index (κ2) is 5.09. The minimum atomic E-state index is -0.452. The number of rotatable bonds is 2. The van der Waals surface area contributed by atoms with Crippen LogP contribution in [0.25, 0.3) is 0 Å². The first-order valence-electron chi connectivity index (χ1n) is 6.79. The Hall–Kier alpha value is -1.14. The van der Waals surface area contributed by atoms with Crippen molar-refractivity contribution in [1.29, 1.82) is 0 Å². The molecule has 2 saturated heterocycles. The molecule has 6 nitrogen and oxygen atoms in total. The van der Waals surface area contributed by atoms with E-state index in [-0.39, 0.29) is 29.4 Å². The Morgan fingerprint density at radius 3 is 2.63 bits per heavy atom. The van der Waals surface area contributed by atoms with Gasteiger partial charge in [0.15, 0.2) is 0 Å². The van der Waals surface area contributed by atoms with Crippen LogP contribution in [-0.4, -0.2) is 58.6 Å². The Kier molecular flexibility index (Phi) is 3.82. The first kappa shape index (κ1) is 14.3. The minimum Gasteiger partial charge on any atom is -0.392 e. The summed E-state index contributed by atoms with van der Waals surface area (Å²) in [6, 6.07) is -0.465. The van der Waals surface area contributed by atoms with Crippen molar-refractivity contribution in [1.82, 2.24) is 15.5 Å². The minimum absolute atomic E-state index is 0.0808. The van der Waals surface area contributed by atoms with Crippen LogP contribution in [0.4, 0.5) is 0 Å². The first-order chi connectivity index (χ1) is 8.77. The van der Waals surface area contributed by atoms with E-state index < -0.39 is 6.10 Å². The highest BCUT2D eigenvalue weighted by atomic mass is 16.3. The summed E-state index contributed by atoms with van der Waals surface area (Å²) >= 11 is 0. The topological polar surface area (TPSA) is 81.7 Å². The van der Waals surface area contributed by atoms with Crippen LogP contribution in [0.1, 0.15) is 33.6 Å². The van der Waals surface area contributed by atoms with Gasteiger partial charge in [-0.3, -0.25) is 9.59 Å². The second-order valence-electron chi connectivity index (χ2n) is 6.44. The smallest absolute Gasteiger partial charge is 0.237 e. The van der Waals surface area contributed by atoms with Gasteiger partial charge in [-0.25, -0.2) is 0 Å². The van der Waals surface area contributed by atoms with Crippen LogP contribution in [0, 0.1) is 0 Å². The predicted molar refractivity (Wildman–Crippen MR) is 70.4 cm³/mol. The number of hydrogen-bond acceptors (Lipinski definition) is 4. The summed E-state index contributed by atoms with van der Waals surface area (Å²) < 4.78 is 0. The monoisotopic (exact) mass is 269 g/mol. The number of nitrogens with one attached hydrogen (secondary N) is 2. The summed E-state index contributed by atoms with van der Waals surface area (Å²) in [5.41, 5.74) is -0.210. The second-order valence-corrected chi connectivity index (χ2v) is 6.44. The molecule has 0 aliphatic carbocycles. The maximum atomic E-state index is 12.0. The summed E-state index contributed by atoms with van der Waals surface area (Å²) in [5.74, 6) is -0.0395. The van der Waals surface area contributed by atoms with Crippen LogP contribution in [0.15, 0.2) is 0 Å². The Bertz CT molecular complexity index is 378. The maximum absolute atomic E-state index is 12.0. The van der Waals surface area contributed by atoms with E-state index in [0.717, 1.165) is 0 Å². The van der Waals surface area contributed by atoms with Gasteiger partial charge in [-0.1, -0.05) is 0 Å². The van der Waals surface area contributed by atoms with E-state index in [0.29, 0.717) is 25.9 Å². The molecule has 0 unspecified atom stereocenters. The molecule has 0 saturated carbocycles. The zero-order chi connectivity index (χ0) is 14.2. The molecule has 0 aromatic heterocycles. The van der Waals surface area contributed by atoms with Crippen molar-refractivity contribution < 1.29 is 14.7 Å². The molecule has 0 spiro atoms. The molecule has 2 rings (SSSR count). The fraction of sp³-hybridized carbons (Fsp3) is 0.846. The zero-order valence-electron chi connectivity index (χ0n) is 11.8. The van der Waals surface area contributed by atoms with Gasteiger partial charge in [0.2, 0.25) is 11.8 Å². The zero-order valence-corrected chi connectivity index (χ0v) is 11.8. The molecular formula is C13H23N3O3. The van der Waals surface area contributed by atoms with Crippen molar-refractivity contribution >= 4 is 11.8 Å². The number of aliphatic hydroxyl groups excluding tert-OH is 1. The normalized spacial score (nSPS) is 31.9. The number of carbonyl (C=O) groups excluding carboxylic acids is 2. The summed E-state index contributed by atoms with van der Waals surface area (Å²) in [5, 5.41) is 15.3. The number of amides is 2. The van der Waals surface area contributed by atoms with E-state index >= 15 is 0 Å². The molecule has 0 aromatic rings. The lowest BCUT2D eigenvalue weighted by molar-refractivity contribution is -0.131. The Morgan fingerprint density at radius 1 is 1.47 bits per heavy atom. The van der Waals surface area contributed by atoms with Crippen LogP contribution in [0.5, 0.6) is 0 Å². The molecule has 2 aliphatic heterocycles. The highest BCUT2D eigenvalue weighted by Gasteiger charge is 2.38. The fourth-order valence-electron chi connectivity index (χ4n) is 2.67. The van der Waals surface area contributed by atoms with Gasteiger partial charge < -0.3 is 20.6 Å². The maximum Gasteiger partial charge on any atom is 0.237 e. The number of aliphatic hydroxyl groups is 1. The van der Waals surface area contributed by atoms with Gasteiger partial charge in [-0.15, -0.1) is 0 Å². The third kappa shape index (κ3) is 3.25. The average molecular weight is 269 g/mol. The van der Waals surface area contributed by atoms with E-state index in [1.165, 1.54) is 0 Å². The molecule has 108 valence electrons. The highest BCUT2D eigenvalue weighted by molar-refractivity contribution is 5.85. The van der Waals surface area contributed by atoms with Crippen molar-refractivity contribution in [2.75, 3.05) is 13.1 Å². The lowest BCUT2D eigenvalue weighted by Gasteiger charge is -2.32. The molecule has 19 heavy (non-hydrogen) atoms. The Balaban J connectivity index is 1.88. The standard InChI is InChI=1S/C13H23N3O3/c1-13(2,3)16-7-8(4-11(16)18)15-12(19)10-5-9(17)6-14-10/h8-10,14,17H,4-7H2,1-3H3,(H,15,19)/t8-,9-,10+/m1/s1. The molecule has 3 atom stereocenters.